The fourth-order valence-corrected chi connectivity index (χ4v) is 12.2. The molecule has 0 saturated carbocycles. The second-order valence-electron chi connectivity index (χ2n) is 12.3. The summed E-state index contributed by atoms with van der Waals surface area (Å²) in [4.78, 5) is 10.3. The molecule has 0 atom stereocenters. The van der Waals surface area contributed by atoms with E-state index in [-0.39, 0.29) is 0 Å². The Kier molecular flexibility index (Phi) is 10.9. The maximum atomic E-state index is 5.16. The van der Waals surface area contributed by atoms with E-state index in [2.05, 4.69) is 153 Å². The third-order valence-electron chi connectivity index (χ3n) is 7.84. The number of benzene rings is 4. The van der Waals surface area contributed by atoms with E-state index in [1.165, 1.54) is 39.5 Å². The summed E-state index contributed by atoms with van der Waals surface area (Å²) in [7, 11) is 0. The van der Waals surface area contributed by atoms with Gasteiger partial charge >= 0.3 is 262 Å². The van der Waals surface area contributed by atoms with Crippen molar-refractivity contribution in [1.82, 2.24) is 0 Å². The molecule has 0 unspecified atom stereocenters. The van der Waals surface area contributed by atoms with Crippen molar-refractivity contribution in [1.29, 1.82) is 0 Å². The Morgan fingerprint density at radius 3 is 1.07 bits per heavy atom. The zero-order chi connectivity index (χ0) is 29.5. The van der Waals surface area contributed by atoms with E-state index in [9.17, 15) is 0 Å². The summed E-state index contributed by atoms with van der Waals surface area (Å²) in [5.41, 5.74) is 10.1. The summed E-state index contributed by atoms with van der Waals surface area (Å²) >= 11 is -1.73. The van der Waals surface area contributed by atoms with Gasteiger partial charge in [0.25, 0.3) is 0 Å². The van der Waals surface area contributed by atoms with Crippen LogP contribution < -0.4 is 6.14 Å². The molecular weight excluding hydrogens is 685 g/mol. The van der Waals surface area contributed by atoms with Gasteiger partial charge in [0, 0.05) is 0 Å². The maximum absolute atomic E-state index is 5.16. The van der Waals surface area contributed by atoms with Crippen LogP contribution in [0.25, 0.3) is 0 Å². The van der Waals surface area contributed by atoms with E-state index in [0.717, 1.165) is 11.4 Å². The van der Waals surface area contributed by atoms with E-state index in [1.807, 2.05) is 0 Å². The predicted octanol–water partition coefficient (Wildman–Crippen LogP) is 9.71. The molecular formula is C38H44HgN2. The standard InChI is InChI=1S/2C19H22N.Hg/c2*1-14(2)17-11-8-12-18(15(3)4)19(17)20-13-16-9-6-5-7-10-16;/h2*5-9,11-15H,1-4H3;. The molecule has 4 aromatic carbocycles. The van der Waals surface area contributed by atoms with Gasteiger partial charge in [0.15, 0.2) is 0 Å². The SMILES string of the molecule is CC(C)c1cccc(C(C)C)c1N=Cc1cccc[c]1[Hg][c]1ccccc1C=Nc1c(C(C)C)cccc1C(C)C. The quantitative estimate of drug-likeness (QED) is 0.115. The third-order valence-corrected chi connectivity index (χ3v) is 15.8. The molecule has 0 aliphatic carbocycles. The van der Waals surface area contributed by atoms with Gasteiger partial charge in [-0.25, -0.2) is 0 Å². The van der Waals surface area contributed by atoms with Gasteiger partial charge in [0.1, 0.15) is 0 Å². The molecule has 4 rings (SSSR count). The minimum atomic E-state index is -1.73. The summed E-state index contributed by atoms with van der Waals surface area (Å²) in [6, 6.07) is 31.0. The van der Waals surface area contributed by atoms with E-state index in [1.54, 1.807) is 0 Å². The molecule has 0 N–H and O–H groups in total. The molecule has 41 heavy (non-hydrogen) atoms. The Morgan fingerprint density at radius 1 is 0.439 bits per heavy atom. The van der Waals surface area contributed by atoms with E-state index in [4.69, 9.17) is 9.98 Å². The van der Waals surface area contributed by atoms with Crippen molar-refractivity contribution in [2.75, 3.05) is 0 Å². The number of aliphatic imine (C=N–C) groups is 2. The van der Waals surface area contributed by atoms with Gasteiger partial charge < -0.3 is 0 Å². The van der Waals surface area contributed by atoms with Crippen LogP contribution in [0.2, 0.25) is 0 Å². The molecule has 0 amide bonds. The Hall–Kier alpha value is -2.84. The Balaban J connectivity index is 1.70. The van der Waals surface area contributed by atoms with Crippen LogP contribution in [-0.2, 0) is 24.6 Å². The molecule has 0 aliphatic heterocycles. The second kappa shape index (κ2) is 14.4. The fraction of sp³-hybridized carbons (Fsp3) is 0.316. The second-order valence-corrected chi connectivity index (χ2v) is 19.6. The first kappa shape index (κ1) is 31.1. The molecule has 0 bridgehead atoms. The first-order valence-corrected chi connectivity index (χ1v) is 20.7. The van der Waals surface area contributed by atoms with Crippen LogP contribution >= 0.6 is 0 Å². The van der Waals surface area contributed by atoms with Gasteiger partial charge in [-0.15, -0.1) is 0 Å². The van der Waals surface area contributed by atoms with Gasteiger partial charge in [-0.1, -0.05) is 0 Å². The first-order chi connectivity index (χ1) is 19.7. The Labute approximate surface area is 260 Å². The number of hydrogen-bond acceptors (Lipinski definition) is 2. The minimum absolute atomic E-state index is 0.430. The van der Waals surface area contributed by atoms with Crippen molar-refractivity contribution in [2.24, 2.45) is 9.98 Å². The van der Waals surface area contributed by atoms with Crippen LogP contribution in [0.4, 0.5) is 11.4 Å². The average Bonchev–Trinajstić information content (AvgIpc) is 2.95. The number of para-hydroxylation sites is 2. The number of hydrogen-bond donors (Lipinski definition) is 0. The molecule has 0 fully saturated rings. The normalized spacial score (nSPS) is 12.0. The summed E-state index contributed by atoms with van der Waals surface area (Å²) in [6.45, 7) is 18.0. The van der Waals surface area contributed by atoms with Crippen molar-refractivity contribution < 1.29 is 24.6 Å². The average molecular weight is 729 g/mol. The predicted molar refractivity (Wildman–Crippen MR) is 176 cm³/mol. The van der Waals surface area contributed by atoms with Crippen LogP contribution in [0, 0.1) is 0 Å². The Morgan fingerprint density at radius 2 is 0.756 bits per heavy atom. The molecule has 0 saturated heterocycles. The molecule has 0 aromatic heterocycles. The third kappa shape index (κ3) is 7.71. The van der Waals surface area contributed by atoms with E-state index >= 15 is 0 Å². The van der Waals surface area contributed by atoms with Gasteiger partial charge in [-0.05, 0) is 0 Å². The van der Waals surface area contributed by atoms with Crippen LogP contribution in [-0.4, -0.2) is 12.4 Å². The van der Waals surface area contributed by atoms with E-state index < -0.39 is 24.6 Å². The van der Waals surface area contributed by atoms with Crippen LogP contribution in [0.3, 0.4) is 0 Å². The van der Waals surface area contributed by atoms with Gasteiger partial charge in [-0.3, -0.25) is 0 Å². The number of nitrogens with zero attached hydrogens (tertiary/aromatic N) is 2. The van der Waals surface area contributed by atoms with Crippen LogP contribution in [0.1, 0.15) is 112 Å². The molecule has 0 radical (unpaired) electrons. The monoisotopic (exact) mass is 730 g/mol. The summed E-state index contributed by atoms with van der Waals surface area (Å²) in [6.07, 6.45) is 4.24. The zero-order valence-electron chi connectivity index (χ0n) is 26.1. The molecule has 0 heterocycles. The molecule has 3 heteroatoms. The van der Waals surface area contributed by atoms with Crippen molar-refractivity contribution in [2.45, 2.75) is 79.1 Å². The van der Waals surface area contributed by atoms with Crippen molar-refractivity contribution in [3.8, 4) is 0 Å². The summed E-state index contributed by atoms with van der Waals surface area (Å²) < 4.78 is 2.96. The molecule has 0 aliphatic rings. The van der Waals surface area contributed by atoms with Crippen LogP contribution in [0.15, 0.2) is 94.9 Å². The Bertz CT molecular complexity index is 1360. The first-order valence-electron chi connectivity index (χ1n) is 15.2. The van der Waals surface area contributed by atoms with Crippen LogP contribution in [0.5, 0.6) is 0 Å². The fourth-order valence-electron chi connectivity index (χ4n) is 5.44. The molecule has 0 spiro atoms. The topological polar surface area (TPSA) is 24.7 Å². The summed E-state index contributed by atoms with van der Waals surface area (Å²) in [5, 5.41) is 0. The van der Waals surface area contributed by atoms with Gasteiger partial charge in [-0.2, -0.15) is 0 Å². The number of rotatable bonds is 10. The van der Waals surface area contributed by atoms with E-state index in [0.29, 0.717) is 23.7 Å². The summed E-state index contributed by atoms with van der Waals surface area (Å²) in [5.74, 6) is 1.72. The van der Waals surface area contributed by atoms with Crippen molar-refractivity contribution in [3.63, 3.8) is 0 Å². The van der Waals surface area contributed by atoms with Crippen molar-refractivity contribution in [3.05, 3.63) is 118 Å². The van der Waals surface area contributed by atoms with Gasteiger partial charge in [0.2, 0.25) is 0 Å². The van der Waals surface area contributed by atoms with Gasteiger partial charge in [0.05, 0.1) is 0 Å². The zero-order valence-corrected chi connectivity index (χ0v) is 31.6. The van der Waals surface area contributed by atoms with Crippen molar-refractivity contribution >= 4 is 29.9 Å². The molecule has 2 nitrogen and oxygen atoms in total. The molecule has 208 valence electrons. The molecule has 4 aromatic rings.